The third-order valence-corrected chi connectivity index (χ3v) is 16.9. The highest BCUT2D eigenvalue weighted by Crippen LogP contribution is 2.36. The minimum Gasteiger partial charge on any atom is -0.378 e. The number of terminal acetylenes is 1. The minimum atomic E-state index is -0.0722. The Labute approximate surface area is 580 Å². The fraction of sp³-hybridized carbons (Fsp3) is 0.149. The Kier molecular flexibility index (Phi) is 29.7. The van der Waals surface area contributed by atoms with E-state index in [4.69, 9.17) is 0 Å². The van der Waals surface area contributed by atoms with Gasteiger partial charge < -0.3 is 16.0 Å². The number of anilines is 3. The number of nitrogens with one attached hydrogen (secondary N) is 3. The third-order valence-electron chi connectivity index (χ3n) is 16.9. The minimum absolute atomic E-state index is 0.0722. The van der Waals surface area contributed by atoms with Crippen molar-refractivity contribution in [1.82, 2.24) is 5.32 Å². The summed E-state index contributed by atoms with van der Waals surface area (Å²) in [5.74, 6) is 6.71. The van der Waals surface area contributed by atoms with Gasteiger partial charge in [0.25, 0.3) is 0 Å². The van der Waals surface area contributed by atoms with Crippen molar-refractivity contribution in [2.75, 3.05) is 10.6 Å². The normalized spacial score (nSPS) is 16.1. The van der Waals surface area contributed by atoms with Crippen molar-refractivity contribution in [2.24, 2.45) is 5.92 Å². The van der Waals surface area contributed by atoms with Crippen molar-refractivity contribution < 1.29 is 0 Å². The predicted molar refractivity (Wildman–Crippen MR) is 428 cm³/mol. The molecule has 0 saturated heterocycles. The lowest BCUT2D eigenvalue weighted by Crippen LogP contribution is -2.41. The molecule has 0 spiro atoms. The molecular weight excluding hydrogens is 1170 g/mol. The zero-order valence-corrected chi connectivity index (χ0v) is 58.0. The van der Waals surface area contributed by atoms with Crippen molar-refractivity contribution in [2.45, 2.75) is 86.1 Å². The van der Waals surface area contributed by atoms with E-state index in [2.05, 4.69) is 355 Å². The molecule has 0 radical (unpaired) electrons. The van der Waals surface area contributed by atoms with Crippen LogP contribution in [0.3, 0.4) is 0 Å². The fourth-order valence-electron chi connectivity index (χ4n) is 11.4. The smallest absolute Gasteiger partial charge is 0.0513 e. The van der Waals surface area contributed by atoms with Gasteiger partial charge in [-0.05, 0) is 147 Å². The average Bonchev–Trinajstić information content (AvgIpc) is 1.72. The van der Waals surface area contributed by atoms with Gasteiger partial charge in [-0.2, -0.15) is 0 Å². The summed E-state index contributed by atoms with van der Waals surface area (Å²) in [5.41, 5.74) is 16.7. The zero-order chi connectivity index (χ0) is 69.0. The number of hydrogen-bond donors (Lipinski definition) is 3. The summed E-state index contributed by atoms with van der Waals surface area (Å²) < 4.78 is 0. The summed E-state index contributed by atoms with van der Waals surface area (Å²) in [6.45, 7) is 25.0. The van der Waals surface area contributed by atoms with E-state index in [1.807, 2.05) is 82.3 Å². The van der Waals surface area contributed by atoms with Crippen LogP contribution in [-0.4, -0.2) is 6.04 Å². The average molecular weight is 1270 g/mol. The molecule has 2 aliphatic carbocycles. The lowest BCUT2D eigenvalue weighted by atomic mass is 9.75. The molecule has 97 heavy (non-hydrogen) atoms. The van der Waals surface area contributed by atoms with Crippen LogP contribution in [0.2, 0.25) is 0 Å². The van der Waals surface area contributed by atoms with E-state index in [0.29, 0.717) is 5.92 Å². The first-order valence-electron chi connectivity index (χ1n) is 33.7. The Morgan fingerprint density at radius 2 is 1.18 bits per heavy atom. The van der Waals surface area contributed by atoms with Crippen molar-refractivity contribution in [3.05, 3.63) is 378 Å². The third kappa shape index (κ3) is 21.9. The quantitative estimate of drug-likeness (QED) is 0.0750. The number of fused-ring (bicyclic) bond motifs is 4. The van der Waals surface area contributed by atoms with Crippen molar-refractivity contribution in [3.8, 4) is 35.8 Å². The highest BCUT2D eigenvalue weighted by molar-refractivity contribution is 5.89. The van der Waals surface area contributed by atoms with Crippen LogP contribution in [0.25, 0.3) is 56.5 Å². The van der Waals surface area contributed by atoms with Gasteiger partial charge >= 0.3 is 0 Å². The second-order valence-electron chi connectivity index (χ2n) is 23.7. The lowest BCUT2D eigenvalue weighted by molar-refractivity contribution is 0.594. The van der Waals surface area contributed by atoms with E-state index in [9.17, 15) is 0 Å². The van der Waals surface area contributed by atoms with Gasteiger partial charge in [-0.3, -0.25) is 0 Å². The van der Waals surface area contributed by atoms with E-state index in [1.165, 1.54) is 76.5 Å². The van der Waals surface area contributed by atoms with E-state index in [-0.39, 0.29) is 11.5 Å². The summed E-state index contributed by atoms with van der Waals surface area (Å²) in [6, 6.07) is 86.9. The molecule has 2 unspecified atom stereocenters. The van der Waals surface area contributed by atoms with Crippen molar-refractivity contribution >= 4 is 62.4 Å². The SMILES string of the molecule is C#C.C/C=C\C=C/Cc1ccccc1.C=C/C(NC1C=c2ccccc2=CC1C)=C(\C=C)c1ccccc1.CC.CC#CCC1=C\CC(=C\Nc2ccc3ccccc3c2)/C=C/c2ccccc2C(C)(C)\C(C)=C\1.c1ccc(-c2ccccc2Nc2ccc3ccccc3c2)cc1. The van der Waals surface area contributed by atoms with Gasteiger partial charge in [-0.1, -0.05) is 344 Å². The molecule has 12 rings (SSSR count). The Morgan fingerprint density at radius 1 is 0.608 bits per heavy atom. The summed E-state index contributed by atoms with van der Waals surface area (Å²) >= 11 is 0. The maximum Gasteiger partial charge on any atom is 0.0513 e. The second-order valence-corrected chi connectivity index (χ2v) is 23.7. The molecule has 3 N–H and O–H groups in total. The van der Waals surface area contributed by atoms with Crippen LogP contribution in [0.5, 0.6) is 0 Å². The van der Waals surface area contributed by atoms with E-state index >= 15 is 0 Å². The van der Waals surface area contributed by atoms with Crippen LogP contribution in [0.1, 0.15) is 90.5 Å². The number of hydrogen-bond acceptors (Lipinski definition) is 3. The molecule has 0 aliphatic heterocycles. The van der Waals surface area contributed by atoms with Gasteiger partial charge in [-0.15, -0.1) is 18.8 Å². The number of benzene rings is 10. The van der Waals surface area contributed by atoms with Gasteiger partial charge in [0, 0.05) is 51.9 Å². The maximum absolute atomic E-state index is 4.00. The summed E-state index contributed by atoms with van der Waals surface area (Å²) in [6.07, 6.45) is 38.6. The van der Waals surface area contributed by atoms with Crippen molar-refractivity contribution in [3.63, 3.8) is 0 Å². The lowest BCUT2D eigenvalue weighted by Gasteiger charge is -2.29. The van der Waals surface area contributed by atoms with Crippen LogP contribution in [0, 0.1) is 30.6 Å². The maximum atomic E-state index is 4.00. The van der Waals surface area contributed by atoms with Gasteiger partial charge in [0.15, 0.2) is 0 Å². The molecule has 486 valence electrons. The van der Waals surface area contributed by atoms with Gasteiger partial charge in [0.1, 0.15) is 0 Å². The summed E-state index contributed by atoms with van der Waals surface area (Å²) in [4.78, 5) is 0. The van der Waals surface area contributed by atoms with Crippen molar-refractivity contribution in [1.29, 1.82) is 0 Å². The predicted octanol–water partition coefficient (Wildman–Crippen LogP) is 23.3. The molecule has 3 heteroatoms. The molecule has 0 amide bonds. The Hall–Kier alpha value is -11.4. The molecule has 0 heterocycles. The van der Waals surface area contributed by atoms with Crippen LogP contribution in [-0.2, 0) is 11.8 Å². The first-order valence-corrected chi connectivity index (χ1v) is 33.7. The molecule has 0 aromatic heterocycles. The first kappa shape index (κ1) is 73.1. The zero-order valence-electron chi connectivity index (χ0n) is 58.0. The number of para-hydroxylation sites is 1. The highest BCUT2D eigenvalue weighted by Gasteiger charge is 2.25. The first-order chi connectivity index (χ1) is 47.5. The molecular formula is C94H95N3. The van der Waals surface area contributed by atoms with Gasteiger partial charge in [-0.25, -0.2) is 0 Å². The van der Waals surface area contributed by atoms with Crippen LogP contribution >= 0.6 is 0 Å². The summed E-state index contributed by atoms with van der Waals surface area (Å²) in [7, 11) is 0. The topological polar surface area (TPSA) is 36.1 Å². The van der Waals surface area contributed by atoms with Crippen LogP contribution in [0.15, 0.2) is 345 Å². The van der Waals surface area contributed by atoms with Gasteiger partial charge in [0.2, 0.25) is 0 Å². The molecule has 10 aromatic rings. The largest absolute Gasteiger partial charge is 0.378 e. The molecule has 2 aliphatic rings. The molecule has 10 aromatic carbocycles. The molecule has 3 nitrogen and oxygen atoms in total. The second kappa shape index (κ2) is 39.4. The van der Waals surface area contributed by atoms with Crippen LogP contribution in [0.4, 0.5) is 17.1 Å². The highest BCUT2D eigenvalue weighted by atomic mass is 14.9. The van der Waals surface area contributed by atoms with E-state index in [1.54, 1.807) is 0 Å². The number of rotatable bonds is 14. The Morgan fingerprint density at radius 3 is 1.82 bits per heavy atom. The molecule has 0 saturated carbocycles. The van der Waals surface area contributed by atoms with E-state index in [0.717, 1.165) is 53.2 Å². The molecule has 2 atom stereocenters. The summed E-state index contributed by atoms with van der Waals surface area (Å²) in [5, 5.41) is 18.3. The Bertz CT molecular complexity index is 4610. The fourth-order valence-corrected chi connectivity index (χ4v) is 11.4. The molecule has 0 fully saturated rings. The number of allylic oxidation sites excluding steroid dienone is 13. The Balaban J connectivity index is 0.000000188. The molecule has 0 bridgehead atoms. The van der Waals surface area contributed by atoms with Crippen LogP contribution < -0.4 is 26.4 Å². The monoisotopic (exact) mass is 1270 g/mol. The standard InChI is InChI=1S/C33H33N.C23H23N.C22H17N.C12H14.C2H6.C2H2/c1-5-6-11-26-16-17-27(24-34-31-21-20-28-12-7-8-14-30(28)23-31)18-19-29-13-9-10-15-32(29)33(3,4)25(2)22-26;1-4-21(18-11-7-6-8-12-18)22(5-2)24-23-16-20-14-10-9-13-19(20)15-17(23)3;1-2-9-18(10-3-1)21-12-6-7-13-22(21)23-20-15-14-17-8-4-5-11-19(17)16-20;1-2-3-4-6-9-12-10-7-5-8-11-12;2*1-2/h7-10,12-16,18-24,34H,11,17H2,1-4H3;4-17,23-24H,1-2H2,3H3;1-16,23H;2-8,10-11H,9H2,1H3;1-2H3;1-2H/b19-18+,25-22+,26-16+,27-24+;22-21-;;3-2-,6-4-;;. The van der Waals surface area contributed by atoms with E-state index < -0.39 is 0 Å². The van der Waals surface area contributed by atoms with Gasteiger partial charge in [0.05, 0.1) is 6.04 Å².